The number of carbonyl (C=O) groups is 2. The van der Waals surface area contributed by atoms with Gasteiger partial charge >= 0.3 is 5.97 Å². The number of Topliss-reactive ketones (excluding diaryl/α,β-unsaturated/α-hetero) is 1. The molecule has 1 aliphatic rings. The van der Waals surface area contributed by atoms with Gasteiger partial charge in [-0.05, 0) is 56.8 Å². The van der Waals surface area contributed by atoms with Crippen LogP contribution >= 0.6 is 0 Å². The van der Waals surface area contributed by atoms with E-state index in [1.54, 1.807) is 14.0 Å². The van der Waals surface area contributed by atoms with Crippen molar-refractivity contribution in [3.05, 3.63) is 34.9 Å². The fourth-order valence-electron chi connectivity index (χ4n) is 2.80. The van der Waals surface area contributed by atoms with Gasteiger partial charge in [-0.25, -0.2) is 0 Å². The van der Waals surface area contributed by atoms with Crippen LogP contribution in [0.1, 0.15) is 47.7 Å². The minimum atomic E-state index is -0.523. The van der Waals surface area contributed by atoms with E-state index in [0.717, 1.165) is 12.8 Å². The van der Waals surface area contributed by atoms with Gasteiger partial charge in [-0.1, -0.05) is 12.1 Å². The first-order chi connectivity index (χ1) is 10.2. The van der Waals surface area contributed by atoms with Gasteiger partial charge in [-0.2, -0.15) is 0 Å². The Balaban J connectivity index is 2.11. The zero-order chi connectivity index (χ0) is 15.2. The van der Waals surface area contributed by atoms with E-state index < -0.39 is 6.04 Å². The number of aryl methyl sites for hydroxylation is 2. The Morgan fingerprint density at radius 2 is 1.95 bits per heavy atom. The molecule has 0 aromatic heterocycles. The highest BCUT2D eigenvalue weighted by molar-refractivity contribution is 6.02. The molecule has 0 spiro atoms. The van der Waals surface area contributed by atoms with Gasteiger partial charge in [0.15, 0.2) is 5.78 Å². The first-order valence-corrected chi connectivity index (χ1v) is 7.64. The van der Waals surface area contributed by atoms with Crippen molar-refractivity contribution in [3.63, 3.8) is 0 Å². The number of rotatable bonds is 6. The fraction of sp³-hybridized carbons (Fsp3) is 0.529. The van der Waals surface area contributed by atoms with Crippen molar-refractivity contribution in [2.24, 2.45) is 0 Å². The lowest BCUT2D eigenvalue weighted by Crippen LogP contribution is -2.36. The smallest absolute Gasteiger partial charge is 0.307 e. The molecule has 1 N–H and O–H groups in total. The molecule has 0 fully saturated rings. The van der Waals surface area contributed by atoms with E-state index in [1.807, 2.05) is 12.1 Å². The second kappa shape index (κ2) is 7.36. The molecule has 0 saturated carbocycles. The molecule has 4 nitrogen and oxygen atoms in total. The third kappa shape index (κ3) is 3.91. The van der Waals surface area contributed by atoms with Crippen molar-refractivity contribution in [3.8, 4) is 0 Å². The number of carbonyl (C=O) groups excluding carboxylic acids is 2. The number of hydrogen-bond donors (Lipinski definition) is 1. The van der Waals surface area contributed by atoms with Crippen LogP contribution in [0.15, 0.2) is 18.2 Å². The van der Waals surface area contributed by atoms with Crippen LogP contribution < -0.4 is 5.32 Å². The molecule has 2 rings (SSSR count). The normalized spacial score (nSPS) is 15.1. The van der Waals surface area contributed by atoms with Crippen LogP contribution in [0.4, 0.5) is 0 Å². The molecule has 1 unspecified atom stereocenters. The lowest BCUT2D eigenvalue weighted by atomic mass is 9.89. The van der Waals surface area contributed by atoms with Crippen LogP contribution in [0, 0.1) is 0 Å². The Morgan fingerprint density at radius 1 is 1.24 bits per heavy atom. The summed E-state index contributed by atoms with van der Waals surface area (Å²) in [6, 6.07) is 5.40. The first-order valence-electron chi connectivity index (χ1n) is 7.64. The Bertz CT molecular complexity index is 525. The van der Waals surface area contributed by atoms with Crippen LogP contribution in [0.25, 0.3) is 0 Å². The van der Waals surface area contributed by atoms with Crippen molar-refractivity contribution in [2.45, 2.75) is 45.1 Å². The third-order valence-corrected chi connectivity index (χ3v) is 3.97. The standard InChI is InChI=1S/C17H23NO3/c1-3-21-16(19)11-15(18-2)17(20)14-9-8-12-6-4-5-7-13(12)10-14/h8-10,15,18H,3-7,11H2,1-2H3. The van der Waals surface area contributed by atoms with E-state index in [-0.39, 0.29) is 18.2 Å². The summed E-state index contributed by atoms with van der Waals surface area (Å²) in [6.45, 7) is 2.10. The summed E-state index contributed by atoms with van der Waals surface area (Å²) in [7, 11) is 1.69. The van der Waals surface area contributed by atoms with Crippen LogP contribution in [0.2, 0.25) is 0 Å². The highest BCUT2D eigenvalue weighted by Gasteiger charge is 2.23. The number of likely N-dealkylation sites (N-methyl/N-ethyl adjacent to an activating group) is 1. The summed E-state index contributed by atoms with van der Waals surface area (Å²) in [5, 5.41) is 2.92. The number of nitrogens with one attached hydrogen (secondary N) is 1. The second-order valence-electron chi connectivity index (χ2n) is 5.41. The summed E-state index contributed by atoms with van der Waals surface area (Å²) in [5.41, 5.74) is 3.31. The fourth-order valence-corrected chi connectivity index (χ4v) is 2.80. The molecule has 0 amide bonds. The van der Waals surface area contributed by atoms with Gasteiger partial charge in [-0.15, -0.1) is 0 Å². The van der Waals surface area contributed by atoms with Crippen molar-refractivity contribution < 1.29 is 14.3 Å². The van der Waals surface area contributed by atoms with Gasteiger partial charge in [-0.3, -0.25) is 9.59 Å². The summed E-state index contributed by atoms with van der Waals surface area (Å²) >= 11 is 0. The largest absolute Gasteiger partial charge is 0.466 e. The summed E-state index contributed by atoms with van der Waals surface area (Å²) in [6.07, 6.45) is 4.62. The molecule has 0 bridgehead atoms. The molecule has 1 aromatic rings. The molecular weight excluding hydrogens is 266 g/mol. The van der Waals surface area contributed by atoms with Crippen LogP contribution in [0.3, 0.4) is 0 Å². The molecule has 0 radical (unpaired) electrons. The number of fused-ring (bicyclic) bond motifs is 1. The van der Waals surface area contributed by atoms with Crippen LogP contribution in [0.5, 0.6) is 0 Å². The predicted octanol–water partition coefficient (Wildman–Crippen LogP) is 2.29. The molecule has 0 saturated heterocycles. The van der Waals surface area contributed by atoms with Crippen LogP contribution in [-0.4, -0.2) is 31.4 Å². The van der Waals surface area contributed by atoms with Gasteiger partial charge < -0.3 is 10.1 Å². The third-order valence-electron chi connectivity index (χ3n) is 3.97. The van der Waals surface area contributed by atoms with E-state index in [2.05, 4.69) is 11.4 Å². The summed E-state index contributed by atoms with van der Waals surface area (Å²) < 4.78 is 4.92. The second-order valence-corrected chi connectivity index (χ2v) is 5.41. The van der Waals surface area contributed by atoms with Crippen molar-refractivity contribution in [1.29, 1.82) is 0 Å². The van der Waals surface area contributed by atoms with Gasteiger partial charge in [0.25, 0.3) is 0 Å². The Labute approximate surface area is 125 Å². The van der Waals surface area contributed by atoms with E-state index in [0.29, 0.717) is 12.2 Å². The average molecular weight is 289 g/mol. The van der Waals surface area contributed by atoms with Crippen LogP contribution in [-0.2, 0) is 22.4 Å². The van der Waals surface area contributed by atoms with E-state index in [4.69, 9.17) is 4.74 Å². The van der Waals surface area contributed by atoms with Gasteiger partial charge in [0, 0.05) is 5.56 Å². The van der Waals surface area contributed by atoms with Gasteiger partial charge in [0.05, 0.1) is 19.1 Å². The molecule has 0 heterocycles. The summed E-state index contributed by atoms with van der Waals surface area (Å²) in [5.74, 6) is -0.387. The Morgan fingerprint density at radius 3 is 2.62 bits per heavy atom. The topological polar surface area (TPSA) is 55.4 Å². The summed E-state index contributed by atoms with van der Waals surface area (Å²) in [4.78, 5) is 24.1. The molecule has 1 atom stereocenters. The molecule has 0 aliphatic heterocycles. The highest BCUT2D eigenvalue weighted by atomic mass is 16.5. The molecule has 21 heavy (non-hydrogen) atoms. The number of benzene rings is 1. The molecule has 114 valence electrons. The monoisotopic (exact) mass is 289 g/mol. The first kappa shape index (κ1) is 15.7. The lowest BCUT2D eigenvalue weighted by Gasteiger charge is -2.18. The van der Waals surface area contributed by atoms with Gasteiger partial charge in [0.1, 0.15) is 0 Å². The molecular formula is C17H23NO3. The van der Waals surface area contributed by atoms with Gasteiger partial charge in [0.2, 0.25) is 0 Å². The van der Waals surface area contributed by atoms with E-state index in [9.17, 15) is 9.59 Å². The molecule has 1 aliphatic carbocycles. The predicted molar refractivity (Wildman–Crippen MR) is 81.5 cm³/mol. The zero-order valence-corrected chi connectivity index (χ0v) is 12.8. The van der Waals surface area contributed by atoms with E-state index >= 15 is 0 Å². The number of hydrogen-bond acceptors (Lipinski definition) is 4. The minimum Gasteiger partial charge on any atom is -0.466 e. The molecule has 1 aromatic carbocycles. The lowest BCUT2D eigenvalue weighted by molar-refractivity contribution is -0.143. The van der Waals surface area contributed by atoms with Crippen molar-refractivity contribution >= 4 is 11.8 Å². The maximum absolute atomic E-state index is 12.5. The minimum absolute atomic E-state index is 0.0427. The Hall–Kier alpha value is -1.68. The van der Waals surface area contributed by atoms with Crippen molar-refractivity contribution in [2.75, 3.05) is 13.7 Å². The Kier molecular flexibility index (Phi) is 5.51. The number of ether oxygens (including phenoxy) is 1. The zero-order valence-electron chi connectivity index (χ0n) is 12.8. The number of ketones is 1. The average Bonchev–Trinajstić information content (AvgIpc) is 2.51. The maximum atomic E-state index is 12.5. The van der Waals surface area contributed by atoms with Crippen molar-refractivity contribution in [1.82, 2.24) is 5.32 Å². The quantitative estimate of drug-likeness (QED) is 0.645. The maximum Gasteiger partial charge on any atom is 0.307 e. The number of esters is 1. The SMILES string of the molecule is CCOC(=O)CC(NC)C(=O)c1ccc2c(c1)CCCC2. The highest BCUT2D eigenvalue weighted by Crippen LogP contribution is 2.23. The van der Waals surface area contributed by atoms with E-state index in [1.165, 1.54) is 24.0 Å². The molecule has 4 heteroatoms.